The Balaban J connectivity index is 3.65. The minimum atomic E-state index is -0.403. The standard InChI is InChI=1S/C12H17N5O2/c1-4(18)6(5(2)19)3-7-8(13)10(15)12(17)11(16)9(7)14/h3H,13-17H2,1-2H3. The van der Waals surface area contributed by atoms with Gasteiger partial charge in [0.2, 0.25) is 0 Å². The summed E-state index contributed by atoms with van der Waals surface area (Å²) in [6, 6.07) is 0. The predicted molar refractivity (Wildman–Crippen MR) is 77.8 cm³/mol. The summed E-state index contributed by atoms with van der Waals surface area (Å²) in [5.74, 6) is -0.805. The maximum absolute atomic E-state index is 11.4. The third kappa shape index (κ3) is 2.44. The Morgan fingerprint density at radius 1 is 0.737 bits per heavy atom. The Kier molecular flexibility index (Phi) is 3.69. The van der Waals surface area contributed by atoms with Crippen LogP contribution in [0.15, 0.2) is 5.57 Å². The van der Waals surface area contributed by atoms with Gasteiger partial charge in [-0.25, -0.2) is 0 Å². The van der Waals surface area contributed by atoms with E-state index in [4.69, 9.17) is 28.7 Å². The molecule has 1 rings (SSSR count). The van der Waals surface area contributed by atoms with E-state index in [0.717, 1.165) is 0 Å². The van der Waals surface area contributed by atoms with E-state index in [0.29, 0.717) is 0 Å². The Hall–Kier alpha value is -2.70. The lowest BCUT2D eigenvalue weighted by Crippen LogP contribution is -2.11. The number of nitrogen functional groups attached to an aromatic ring is 5. The Morgan fingerprint density at radius 3 is 1.37 bits per heavy atom. The number of benzene rings is 1. The van der Waals surface area contributed by atoms with Crippen LogP contribution >= 0.6 is 0 Å². The molecule has 0 bridgehead atoms. The van der Waals surface area contributed by atoms with Gasteiger partial charge in [-0.05, 0) is 19.9 Å². The molecule has 0 unspecified atom stereocenters. The van der Waals surface area contributed by atoms with Crippen LogP contribution in [0.4, 0.5) is 28.4 Å². The van der Waals surface area contributed by atoms with E-state index in [1.165, 1.54) is 19.9 Å². The summed E-state index contributed by atoms with van der Waals surface area (Å²) in [7, 11) is 0. The normalized spacial score (nSPS) is 10.0. The molecule has 0 saturated carbocycles. The van der Waals surface area contributed by atoms with Crippen LogP contribution in [-0.4, -0.2) is 11.6 Å². The molecule has 1 aromatic rings. The molecule has 0 aliphatic carbocycles. The van der Waals surface area contributed by atoms with E-state index in [9.17, 15) is 9.59 Å². The molecule has 0 heterocycles. The van der Waals surface area contributed by atoms with Crippen LogP contribution in [0.2, 0.25) is 0 Å². The first-order valence-electron chi connectivity index (χ1n) is 5.43. The highest BCUT2D eigenvalue weighted by molar-refractivity contribution is 6.22. The monoisotopic (exact) mass is 263 g/mol. The molecular weight excluding hydrogens is 246 g/mol. The van der Waals surface area contributed by atoms with Gasteiger partial charge < -0.3 is 28.7 Å². The van der Waals surface area contributed by atoms with Crippen LogP contribution in [0.5, 0.6) is 0 Å². The zero-order valence-electron chi connectivity index (χ0n) is 10.8. The van der Waals surface area contributed by atoms with Crippen molar-refractivity contribution in [2.45, 2.75) is 13.8 Å². The highest BCUT2D eigenvalue weighted by atomic mass is 16.1. The van der Waals surface area contributed by atoms with Crippen LogP contribution in [0, 0.1) is 0 Å². The van der Waals surface area contributed by atoms with Gasteiger partial charge in [0.25, 0.3) is 0 Å². The molecule has 0 radical (unpaired) electrons. The van der Waals surface area contributed by atoms with Gasteiger partial charge in [-0.2, -0.15) is 0 Å². The molecule has 0 saturated heterocycles. The summed E-state index contributed by atoms with van der Waals surface area (Å²) in [6.45, 7) is 2.53. The zero-order chi connectivity index (χ0) is 14.9. The quantitative estimate of drug-likeness (QED) is 0.224. The van der Waals surface area contributed by atoms with Crippen LogP contribution in [0.25, 0.3) is 6.08 Å². The number of Topliss-reactive ketones (excluding diaryl/α,β-unsaturated/α-hetero) is 2. The van der Waals surface area contributed by atoms with Crippen molar-refractivity contribution in [2.75, 3.05) is 28.7 Å². The second-order valence-corrected chi connectivity index (χ2v) is 4.15. The Labute approximate surface area is 110 Å². The number of anilines is 5. The summed E-state index contributed by atoms with van der Waals surface area (Å²) in [4.78, 5) is 22.8. The molecule has 7 heteroatoms. The van der Waals surface area contributed by atoms with Crippen molar-refractivity contribution in [3.05, 3.63) is 11.1 Å². The average molecular weight is 263 g/mol. The highest BCUT2D eigenvalue weighted by Crippen LogP contribution is 2.39. The van der Waals surface area contributed by atoms with Gasteiger partial charge in [0.05, 0.1) is 34.0 Å². The molecule has 10 N–H and O–H groups in total. The SMILES string of the molecule is CC(=O)C(=Cc1c(N)c(N)c(N)c(N)c1N)C(C)=O. The molecular formula is C12H17N5O2. The third-order valence-electron chi connectivity index (χ3n) is 2.79. The number of hydrogen-bond donors (Lipinski definition) is 5. The molecule has 19 heavy (non-hydrogen) atoms. The zero-order valence-corrected chi connectivity index (χ0v) is 10.8. The third-order valence-corrected chi connectivity index (χ3v) is 2.79. The number of carbonyl (C=O) groups is 2. The molecule has 1 aromatic carbocycles. The Morgan fingerprint density at radius 2 is 1.05 bits per heavy atom. The number of ketones is 2. The van der Waals surface area contributed by atoms with Crippen molar-refractivity contribution in [1.29, 1.82) is 0 Å². The molecule has 0 fully saturated rings. The number of rotatable bonds is 3. The predicted octanol–water partition coefficient (Wildman–Crippen LogP) is 0.159. The summed E-state index contributed by atoms with van der Waals surface area (Å²) in [5, 5.41) is 0. The molecule has 0 atom stereocenters. The van der Waals surface area contributed by atoms with Crippen LogP contribution in [-0.2, 0) is 9.59 Å². The fourth-order valence-electron chi connectivity index (χ4n) is 1.62. The van der Waals surface area contributed by atoms with Gasteiger partial charge in [-0.15, -0.1) is 0 Å². The lowest BCUT2D eigenvalue weighted by atomic mass is 9.99. The summed E-state index contributed by atoms with van der Waals surface area (Å²) in [5.41, 5.74) is 29.2. The van der Waals surface area contributed by atoms with Crippen LogP contribution in [0.3, 0.4) is 0 Å². The lowest BCUT2D eigenvalue weighted by Gasteiger charge is -2.15. The van der Waals surface area contributed by atoms with E-state index in [1.807, 2.05) is 0 Å². The van der Waals surface area contributed by atoms with Gasteiger partial charge in [-0.1, -0.05) is 0 Å². The minimum absolute atomic E-state index is 0.0398. The minimum Gasteiger partial charge on any atom is -0.396 e. The second kappa shape index (κ2) is 4.89. The molecule has 0 amide bonds. The maximum atomic E-state index is 11.4. The first kappa shape index (κ1) is 14.4. The lowest BCUT2D eigenvalue weighted by molar-refractivity contribution is -0.119. The topological polar surface area (TPSA) is 164 Å². The van der Waals surface area contributed by atoms with E-state index in [2.05, 4.69) is 0 Å². The van der Waals surface area contributed by atoms with E-state index in [-0.39, 0.29) is 39.6 Å². The Bertz CT molecular complexity index is 560. The first-order chi connectivity index (χ1) is 8.68. The van der Waals surface area contributed by atoms with Gasteiger partial charge >= 0.3 is 0 Å². The van der Waals surface area contributed by atoms with Crippen molar-refractivity contribution in [3.63, 3.8) is 0 Å². The van der Waals surface area contributed by atoms with Crippen molar-refractivity contribution in [3.8, 4) is 0 Å². The first-order valence-corrected chi connectivity index (χ1v) is 5.43. The number of nitrogens with two attached hydrogens (primary N) is 5. The molecule has 0 aromatic heterocycles. The van der Waals surface area contributed by atoms with Crippen molar-refractivity contribution in [2.24, 2.45) is 0 Å². The summed E-state index contributed by atoms with van der Waals surface area (Å²) >= 11 is 0. The number of allylic oxidation sites excluding steroid dienone is 1. The molecule has 0 spiro atoms. The molecule has 0 aliphatic heterocycles. The van der Waals surface area contributed by atoms with Crippen molar-refractivity contribution >= 4 is 46.1 Å². The smallest absolute Gasteiger partial charge is 0.163 e. The number of carbonyl (C=O) groups excluding carboxylic acids is 2. The van der Waals surface area contributed by atoms with Gasteiger partial charge in [0.1, 0.15) is 0 Å². The summed E-state index contributed by atoms with van der Waals surface area (Å²) < 4.78 is 0. The fraction of sp³-hybridized carbons (Fsp3) is 0.167. The summed E-state index contributed by atoms with van der Waals surface area (Å²) in [6.07, 6.45) is 1.28. The van der Waals surface area contributed by atoms with E-state index in [1.54, 1.807) is 0 Å². The van der Waals surface area contributed by atoms with E-state index >= 15 is 0 Å². The van der Waals surface area contributed by atoms with Gasteiger partial charge in [0, 0.05) is 5.56 Å². The van der Waals surface area contributed by atoms with Crippen molar-refractivity contribution < 1.29 is 9.59 Å². The maximum Gasteiger partial charge on any atom is 0.163 e. The number of hydrogen-bond acceptors (Lipinski definition) is 7. The van der Waals surface area contributed by atoms with Crippen LogP contribution in [0.1, 0.15) is 19.4 Å². The van der Waals surface area contributed by atoms with Crippen LogP contribution < -0.4 is 28.7 Å². The van der Waals surface area contributed by atoms with Crippen molar-refractivity contribution in [1.82, 2.24) is 0 Å². The molecule has 0 aliphatic rings. The highest BCUT2D eigenvalue weighted by Gasteiger charge is 2.17. The van der Waals surface area contributed by atoms with Gasteiger partial charge in [-0.3, -0.25) is 9.59 Å². The average Bonchev–Trinajstić information content (AvgIpc) is 2.33. The molecule has 7 nitrogen and oxygen atoms in total. The largest absolute Gasteiger partial charge is 0.396 e. The van der Waals surface area contributed by atoms with E-state index < -0.39 is 11.6 Å². The van der Waals surface area contributed by atoms with Gasteiger partial charge in [0.15, 0.2) is 11.6 Å². The molecule has 102 valence electrons. The fourth-order valence-corrected chi connectivity index (χ4v) is 1.62. The second-order valence-electron chi connectivity index (χ2n) is 4.15.